The van der Waals surface area contributed by atoms with Crippen LogP contribution in [0.4, 0.5) is 11.4 Å². The number of hydrogen-bond donors (Lipinski definition) is 0. The third kappa shape index (κ3) is 3.09. The molecule has 1 amide bonds. The van der Waals surface area contributed by atoms with Crippen LogP contribution in [0.5, 0.6) is 0 Å². The van der Waals surface area contributed by atoms with Crippen LogP contribution >= 0.6 is 0 Å². The van der Waals surface area contributed by atoms with E-state index in [2.05, 4.69) is 0 Å². The summed E-state index contributed by atoms with van der Waals surface area (Å²) in [6, 6.07) is 15.4. The fourth-order valence-corrected chi connectivity index (χ4v) is 5.35. The maximum atomic E-state index is 12.8. The number of sulfonamides is 1. The molecule has 6 heteroatoms. The van der Waals surface area contributed by atoms with E-state index in [4.69, 9.17) is 0 Å². The summed E-state index contributed by atoms with van der Waals surface area (Å²) in [5.41, 5.74) is 3.88. The lowest BCUT2D eigenvalue weighted by Gasteiger charge is -2.29. The lowest BCUT2D eigenvalue weighted by atomic mass is 10.0. The topological polar surface area (TPSA) is 57.7 Å². The summed E-state index contributed by atoms with van der Waals surface area (Å²) >= 11 is 0. The van der Waals surface area contributed by atoms with Crippen LogP contribution in [-0.4, -0.2) is 33.2 Å². The number of hydrogen-bond acceptors (Lipinski definition) is 3. The van der Waals surface area contributed by atoms with Gasteiger partial charge in [0.2, 0.25) is 15.9 Å². The van der Waals surface area contributed by atoms with Gasteiger partial charge in [-0.1, -0.05) is 36.4 Å². The van der Waals surface area contributed by atoms with E-state index >= 15 is 0 Å². The molecule has 0 atom stereocenters. The second kappa shape index (κ2) is 6.76. The molecule has 26 heavy (non-hydrogen) atoms. The SMILES string of the molecule is O=C(CCS(=O)(=O)N1CCc2ccccc21)N1CCCc2ccccc21. The Bertz CT molecular complexity index is 940. The molecule has 136 valence electrons. The molecule has 2 heterocycles. The minimum Gasteiger partial charge on any atom is -0.312 e. The molecule has 4 rings (SSSR count). The van der Waals surface area contributed by atoms with E-state index in [0.29, 0.717) is 13.1 Å². The first-order valence-electron chi connectivity index (χ1n) is 9.03. The van der Waals surface area contributed by atoms with Crippen molar-refractivity contribution >= 4 is 27.3 Å². The zero-order chi connectivity index (χ0) is 18.1. The van der Waals surface area contributed by atoms with Crippen molar-refractivity contribution in [2.45, 2.75) is 25.7 Å². The summed E-state index contributed by atoms with van der Waals surface area (Å²) in [6.07, 6.45) is 2.61. The molecule has 2 aromatic rings. The van der Waals surface area contributed by atoms with Gasteiger partial charge in [-0.3, -0.25) is 9.10 Å². The Morgan fingerprint density at radius 1 is 0.885 bits per heavy atom. The number of carbonyl (C=O) groups excluding carboxylic acids is 1. The quantitative estimate of drug-likeness (QED) is 0.832. The molecule has 2 aliphatic heterocycles. The van der Waals surface area contributed by atoms with E-state index in [0.717, 1.165) is 41.8 Å². The summed E-state index contributed by atoms with van der Waals surface area (Å²) in [6.45, 7) is 1.12. The molecular formula is C20H22N2O3S. The van der Waals surface area contributed by atoms with E-state index < -0.39 is 10.0 Å². The minimum atomic E-state index is -3.50. The van der Waals surface area contributed by atoms with Gasteiger partial charge in [0.1, 0.15) is 0 Å². The molecule has 0 radical (unpaired) electrons. The van der Waals surface area contributed by atoms with Crippen LogP contribution in [0, 0.1) is 0 Å². The van der Waals surface area contributed by atoms with Crippen LogP contribution in [-0.2, 0) is 27.7 Å². The number of fused-ring (bicyclic) bond motifs is 2. The number of carbonyl (C=O) groups is 1. The van der Waals surface area contributed by atoms with Gasteiger partial charge in [0.15, 0.2) is 0 Å². The van der Waals surface area contributed by atoms with Crippen LogP contribution in [0.1, 0.15) is 24.0 Å². The Labute approximate surface area is 154 Å². The first-order valence-corrected chi connectivity index (χ1v) is 10.6. The normalized spacial score (nSPS) is 16.3. The van der Waals surface area contributed by atoms with E-state index in [1.54, 1.807) is 4.90 Å². The van der Waals surface area contributed by atoms with E-state index in [-0.39, 0.29) is 18.1 Å². The molecule has 0 bridgehead atoms. The van der Waals surface area contributed by atoms with Crippen molar-refractivity contribution in [2.24, 2.45) is 0 Å². The second-order valence-corrected chi connectivity index (χ2v) is 8.81. The summed E-state index contributed by atoms with van der Waals surface area (Å²) in [4.78, 5) is 14.5. The average molecular weight is 370 g/mol. The fraction of sp³-hybridized carbons (Fsp3) is 0.350. The summed E-state index contributed by atoms with van der Waals surface area (Å²) in [5, 5.41) is 0. The molecular weight excluding hydrogens is 348 g/mol. The number of rotatable bonds is 4. The zero-order valence-electron chi connectivity index (χ0n) is 14.6. The Morgan fingerprint density at radius 2 is 1.54 bits per heavy atom. The predicted octanol–water partition coefficient (Wildman–Crippen LogP) is 2.75. The number of amides is 1. The molecule has 0 unspecified atom stereocenters. The standard InChI is InChI=1S/C20H22N2O3S/c23-20(21-13-5-8-16-6-1-3-9-18(16)21)12-15-26(24,25)22-14-11-17-7-2-4-10-19(17)22/h1-4,6-7,9-10H,5,8,11-15H2. The van der Waals surface area contributed by atoms with Crippen LogP contribution in [0.2, 0.25) is 0 Å². The Kier molecular flexibility index (Phi) is 4.44. The van der Waals surface area contributed by atoms with E-state index in [1.165, 1.54) is 4.31 Å². The lowest BCUT2D eigenvalue weighted by Crippen LogP contribution is -2.38. The largest absolute Gasteiger partial charge is 0.312 e. The number of nitrogens with zero attached hydrogens (tertiary/aromatic N) is 2. The van der Waals surface area contributed by atoms with Gasteiger partial charge >= 0.3 is 0 Å². The average Bonchev–Trinajstić information content (AvgIpc) is 3.11. The molecule has 0 aromatic heterocycles. The van der Waals surface area contributed by atoms with Gasteiger partial charge in [0.05, 0.1) is 11.4 Å². The predicted molar refractivity (Wildman–Crippen MR) is 103 cm³/mol. The highest BCUT2D eigenvalue weighted by Crippen LogP contribution is 2.31. The van der Waals surface area contributed by atoms with Gasteiger partial charge in [-0.2, -0.15) is 0 Å². The molecule has 2 aliphatic rings. The Balaban J connectivity index is 1.47. The zero-order valence-corrected chi connectivity index (χ0v) is 15.4. The Morgan fingerprint density at radius 3 is 2.31 bits per heavy atom. The highest BCUT2D eigenvalue weighted by atomic mass is 32.2. The molecule has 2 aromatic carbocycles. The van der Waals surface area contributed by atoms with Gasteiger partial charge in [-0.15, -0.1) is 0 Å². The maximum absolute atomic E-state index is 12.8. The van der Waals surface area contributed by atoms with Crippen LogP contribution < -0.4 is 9.21 Å². The van der Waals surface area contributed by atoms with Crippen LogP contribution in [0.15, 0.2) is 48.5 Å². The van der Waals surface area contributed by atoms with Gasteiger partial charge in [0.25, 0.3) is 0 Å². The maximum Gasteiger partial charge on any atom is 0.235 e. The number of para-hydroxylation sites is 2. The van der Waals surface area contributed by atoms with Crippen molar-refractivity contribution in [1.82, 2.24) is 0 Å². The molecule has 0 N–H and O–H groups in total. The third-order valence-corrected chi connectivity index (χ3v) is 6.94. The first-order chi connectivity index (χ1) is 12.6. The second-order valence-electron chi connectivity index (χ2n) is 6.79. The molecule has 0 aliphatic carbocycles. The Hall–Kier alpha value is -2.34. The molecule has 0 saturated carbocycles. The lowest BCUT2D eigenvalue weighted by molar-refractivity contribution is -0.118. The van der Waals surface area contributed by atoms with E-state index in [1.807, 2.05) is 48.5 Å². The number of benzene rings is 2. The molecule has 5 nitrogen and oxygen atoms in total. The van der Waals surface area contributed by atoms with Crippen molar-refractivity contribution in [2.75, 3.05) is 28.0 Å². The monoisotopic (exact) mass is 370 g/mol. The summed E-state index contributed by atoms with van der Waals surface area (Å²) < 4.78 is 27.0. The van der Waals surface area contributed by atoms with Crippen molar-refractivity contribution in [1.29, 1.82) is 0 Å². The van der Waals surface area contributed by atoms with Crippen molar-refractivity contribution in [3.05, 3.63) is 59.7 Å². The van der Waals surface area contributed by atoms with E-state index in [9.17, 15) is 13.2 Å². The van der Waals surface area contributed by atoms with Gasteiger partial charge in [0, 0.05) is 25.2 Å². The highest BCUT2D eigenvalue weighted by Gasteiger charge is 2.30. The fourth-order valence-electron chi connectivity index (χ4n) is 3.85. The van der Waals surface area contributed by atoms with Crippen LogP contribution in [0.3, 0.4) is 0 Å². The molecule has 0 saturated heterocycles. The highest BCUT2D eigenvalue weighted by molar-refractivity contribution is 7.92. The number of aryl methyl sites for hydroxylation is 1. The van der Waals surface area contributed by atoms with Crippen molar-refractivity contribution in [3.8, 4) is 0 Å². The molecule has 0 fully saturated rings. The van der Waals surface area contributed by atoms with Gasteiger partial charge in [-0.25, -0.2) is 8.42 Å². The summed E-state index contributed by atoms with van der Waals surface area (Å²) in [7, 11) is -3.50. The van der Waals surface area contributed by atoms with Gasteiger partial charge in [-0.05, 0) is 42.5 Å². The minimum absolute atomic E-state index is 0.00926. The van der Waals surface area contributed by atoms with Gasteiger partial charge < -0.3 is 4.90 Å². The number of anilines is 2. The molecule has 0 spiro atoms. The first kappa shape index (κ1) is 17.1. The van der Waals surface area contributed by atoms with Crippen molar-refractivity contribution < 1.29 is 13.2 Å². The van der Waals surface area contributed by atoms with Crippen molar-refractivity contribution in [3.63, 3.8) is 0 Å². The summed E-state index contributed by atoms with van der Waals surface area (Å²) in [5.74, 6) is -0.271. The third-order valence-electron chi connectivity index (χ3n) is 5.17. The van der Waals surface area contributed by atoms with Crippen LogP contribution in [0.25, 0.3) is 0 Å². The smallest absolute Gasteiger partial charge is 0.235 e.